The van der Waals surface area contributed by atoms with Gasteiger partial charge in [-0.2, -0.15) is 0 Å². The van der Waals surface area contributed by atoms with E-state index in [0.29, 0.717) is 12.4 Å². The van der Waals surface area contributed by atoms with Gasteiger partial charge in [-0.1, -0.05) is 24.3 Å². The van der Waals surface area contributed by atoms with E-state index in [-0.39, 0.29) is 5.75 Å². The summed E-state index contributed by atoms with van der Waals surface area (Å²) in [6, 6.07) is 20.0. The predicted molar refractivity (Wildman–Crippen MR) is 109 cm³/mol. The highest BCUT2D eigenvalue weighted by atomic mass is 16.5. The number of hydrogen-bond donors (Lipinski definition) is 1. The van der Waals surface area contributed by atoms with E-state index in [9.17, 15) is 5.11 Å². The molecule has 2 aliphatic heterocycles. The van der Waals surface area contributed by atoms with Crippen molar-refractivity contribution in [1.29, 1.82) is 0 Å². The van der Waals surface area contributed by atoms with Crippen LogP contribution in [-0.4, -0.2) is 18.2 Å². The van der Waals surface area contributed by atoms with Crippen LogP contribution in [0.1, 0.15) is 36.1 Å². The summed E-state index contributed by atoms with van der Waals surface area (Å²) >= 11 is 0. The van der Waals surface area contributed by atoms with E-state index >= 15 is 0 Å². The van der Waals surface area contributed by atoms with Crippen molar-refractivity contribution in [2.45, 2.75) is 26.1 Å². The molecule has 142 valence electrons. The maximum atomic E-state index is 10.1. The summed E-state index contributed by atoms with van der Waals surface area (Å²) in [6.07, 6.45) is 0. The zero-order chi connectivity index (χ0) is 19.3. The molecule has 0 bridgehead atoms. The molecule has 0 saturated heterocycles. The monoisotopic (exact) mass is 373 g/mol. The molecule has 1 spiro atoms. The summed E-state index contributed by atoms with van der Waals surface area (Å²) in [6.45, 7) is 6.70. The van der Waals surface area contributed by atoms with Crippen LogP contribution in [0.3, 0.4) is 0 Å². The van der Waals surface area contributed by atoms with Crippen LogP contribution in [0.15, 0.2) is 60.7 Å². The van der Waals surface area contributed by atoms with E-state index in [4.69, 9.17) is 9.47 Å². The van der Waals surface area contributed by atoms with E-state index in [1.165, 1.54) is 5.56 Å². The van der Waals surface area contributed by atoms with Crippen molar-refractivity contribution in [2.75, 3.05) is 18.0 Å². The lowest BCUT2D eigenvalue weighted by molar-refractivity contribution is 0.0199. The molecule has 0 aliphatic carbocycles. The van der Waals surface area contributed by atoms with Crippen LogP contribution < -0.4 is 9.64 Å². The van der Waals surface area contributed by atoms with Crippen LogP contribution >= 0.6 is 0 Å². The molecule has 1 N–H and O–H groups in total. The quantitative estimate of drug-likeness (QED) is 0.688. The maximum Gasteiger partial charge on any atom is 0.151 e. The van der Waals surface area contributed by atoms with Crippen molar-refractivity contribution < 1.29 is 14.6 Å². The van der Waals surface area contributed by atoms with E-state index in [1.807, 2.05) is 12.1 Å². The lowest BCUT2D eigenvalue weighted by Gasteiger charge is -2.38. The topological polar surface area (TPSA) is 41.9 Å². The Labute approximate surface area is 165 Å². The Morgan fingerprint density at radius 2 is 1.61 bits per heavy atom. The third-order valence-electron chi connectivity index (χ3n) is 5.88. The number of aromatic hydroxyl groups is 1. The minimum absolute atomic E-state index is 0.184. The third-order valence-corrected chi connectivity index (χ3v) is 5.88. The van der Waals surface area contributed by atoms with Gasteiger partial charge in [0.2, 0.25) is 0 Å². The highest BCUT2D eigenvalue weighted by Crippen LogP contribution is 2.56. The summed E-state index contributed by atoms with van der Waals surface area (Å²) in [7, 11) is 0. The highest BCUT2D eigenvalue weighted by molar-refractivity contribution is 5.67. The lowest BCUT2D eigenvalue weighted by Crippen LogP contribution is -2.32. The summed E-state index contributed by atoms with van der Waals surface area (Å²) in [5.41, 5.74) is 4.66. The molecule has 2 aliphatic rings. The molecule has 0 saturated carbocycles. The van der Waals surface area contributed by atoms with E-state index in [2.05, 4.69) is 55.1 Å². The van der Waals surface area contributed by atoms with Crippen molar-refractivity contribution in [2.24, 2.45) is 0 Å². The molecule has 4 heteroatoms. The van der Waals surface area contributed by atoms with E-state index in [1.54, 1.807) is 12.1 Å². The largest absolute Gasteiger partial charge is 0.508 e. The number of phenolic OH excluding ortho intramolecular Hbond substituents is 1. The molecule has 1 unspecified atom stereocenters. The standard InChI is InChI=1S/C24H23NO3/c1-3-25(4-2)17-9-11-20-22(13-17)28-23-14-18(26)10-12-21(23)24(20)19-8-6-5-7-16(19)15-27-24/h5-14,26H,3-4,15H2,1-2H3. The molecule has 0 fully saturated rings. The second-order valence-electron chi connectivity index (χ2n) is 7.26. The summed E-state index contributed by atoms with van der Waals surface area (Å²) in [5, 5.41) is 10.1. The number of fused-ring (bicyclic) bond motifs is 6. The van der Waals surface area contributed by atoms with Gasteiger partial charge in [-0.15, -0.1) is 0 Å². The van der Waals surface area contributed by atoms with Crippen molar-refractivity contribution in [1.82, 2.24) is 0 Å². The molecule has 0 amide bonds. The average Bonchev–Trinajstić information content (AvgIpc) is 3.09. The van der Waals surface area contributed by atoms with Crippen molar-refractivity contribution in [3.8, 4) is 17.2 Å². The highest BCUT2D eigenvalue weighted by Gasteiger charge is 2.49. The van der Waals surface area contributed by atoms with Crippen LogP contribution in [0, 0.1) is 0 Å². The Kier molecular flexibility index (Phi) is 3.84. The smallest absolute Gasteiger partial charge is 0.151 e. The number of benzene rings is 3. The first kappa shape index (κ1) is 17.1. The van der Waals surface area contributed by atoms with E-state index < -0.39 is 5.60 Å². The molecule has 4 nitrogen and oxygen atoms in total. The predicted octanol–water partition coefficient (Wildman–Crippen LogP) is 5.17. The van der Waals surface area contributed by atoms with Crippen LogP contribution in [-0.2, 0) is 16.9 Å². The van der Waals surface area contributed by atoms with Gasteiger partial charge >= 0.3 is 0 Å². The van der Waals surface area contributed by atoms with Crippen LogP contribution in [0.25, 0.3) is 0 Å². The van der Waals surface area contributed by atoms with Crippen molar-refractivity contribution in [3.63, 3.8) is 0 Å². The van der Waals surface area contributed by atoms with Crippen molar-refractivity contribution >= 4 is 5.69 Å². The fourth-order valence-electron chi connectivity index (χ4n) is 4.52. The van der Waals surface area contributed by atoms with E-state index in [0.717, 1.165) is 41.2 Å². The second-order valence-corrected chi connectivity index (χ2v) is 7.26. The first-order valence-corrected chi connectivity index (χ1v) is 9.80. The Morgan fingerprint density at radius 1 is 0.893 bits per heavy atom. The van der Waals surface area contributed by atoms with Gasteiger partial charge < -0.3 is 19.5 Å². The Bertz CT molecular complexity index is 1060. The molecule has 5 rings (SSSR count). The number of phenols is 1. The molecule has 3 aromatic carbocycles. The number of rotatable bonds is 3. The molecule has 3 aromatic rings. The number of ether oxygens (including phenoxy) is 2. The van der Waals surface area contributed by atoms with Crippen LogP contribution in [0.2, 0.25) is 0 Å². The molecular weight excluding hydrogens is 350 g/mol. The SMILES string of the molecule is CCN(CC)c1ccc2c(c1)Oc1cc(O)ccc1C21OCc2ccccc21. The van der Waals surface area contributed by atoms with Gasteiger partial charge in [0, 0.05) is 42.0 Å². The average molecular weight is 373 g/mol. The first-order valence-electron chi connectivity index (χ1n) is 9.80. The third kappa shape index (κ3) is 2.28. The second kappa shape index (κ2) is 6.28. The normalized spacial score (nSPS) is 18.9. The minimum Gasteiger partial charge on any atom is -0.508 e. The molecular formula is C24H23NO3. The van der Waals surface area contributed by atoms with Gasteiger partial charge in [0.1, 0.15) is 17.2 Å². The fraction of sp³-hybridized carbons (Fsp3) is 0.250. The number of nitrogens with zero attached hydrogens (tertiary/aromatic N) is 1. The molecule has 2 heterocycles. The lowest BCUT2D eigenvalue weighted by atomic mass is 9.77. The maximum absolute atomic E-state index is 10.1. The fourth-order valence-corrected chi connectivity index (χ4v) is 4.52. The zero-order valence-corrected chi connectivity index (χ0v) is 16.1. The summed E-state index contributed by atoms with van der Waals surface area (Å²) < 4.78 is 12.8. The summed E-state index contributed by atoms with van der Waals surface area (Å²) in [4.78, 5) is 2.29. The first-order chi connectivity index (χ1) is 13.7. The Morgan fingerprint density at radius 3 is 2.39 bits per heavy atom. The minimum atomic E-state index is -0.713. The number of hydrogen-bond acceptors (Lipinski definition) is 4. The Balaban J connectivity index is 1.77. The van der Waals surface area contributed by atoms with Crippen LogP contribution in [0.4, 0.5) is 5.69 Å². The van der Waals surface area contributed by atoms with Crippen LogP contribution in [0.5, 0.6) is 17.2 Å². The van der Waals surface area contributed by atoms with Crippen molar-refractivity contribution in [3.05, 3.63) is 82.9 Å². The molecule has 0 aromatic heterocycles. The molecule has 1 atom stereocenters. The molecule has 0 radical (unpaired) electrons. The van der Waals surface area contributed by atoms with Gasteiger partial charge in [-0.3, -0.25) is 0 Å². The van der Waals surface area contributed by atoms with Gasteiger partial charge in [-0.25, -0.2) is 0 Å². The van der Waals surface area contributed by atoms with Gasteiger partial charge in [-0.05, 0) is 49.2 Å². The van der Waals surface area contributed by atoms with Gasteiger partial charge in [0.05, 0.1) is 6.61 Å². The Hall–Kier alpha value is -2.98. The van der Waals surface area contributed by atoms with Gasteiger partial charge in [0.25, 0.3) is 0 Å². The molecule has 28 heavy (non-hydrogen) atoms. The summed E-state index contributed by atoms with van der Waals surface area (Å²) in [5.74, 6) is 1.60. The zero-order valence-electron chi connectivity index (χ0n) is 16.1. The van der Waals surface area contributed by atoms with Gasteiger partial charge in [0.15, 0.2) is 5.60 Å². The number of anilines is 1.